The molecule has 0 amide bonds. The predicted octanol–water partition coefficient (Wildman–Crippen LogP) is 2.17. The van der Waals surface area contributed by atoms with Crippen LogP contribution in [0.3, 0.4) is 0 Å². The number of carbonyl (C=O) groups is 1. The monoisotopic (exact) mass is 222 g/mol. The van der Waals surface area contributed by atoms with Crippen LogP contribution in [0.2, 0.25) is 0 Å². The molecular weight excluding hydrogens is 208 g/mol. The van der Waals surface area contributed by atoms with Crippen LogP contribution >= 0.6 is 0 Å². The van der Waals surface area contributed by atoms with Crippen LogP contribution in [-0.4, -0.2) is 17.7 Å². The molecule has 1 aromatic carbocycles. The number of aromatic hydroxyl groups is 1. The zero-order valence-electron chi connectivity index (χ0n) is 9.10. The van der Waals surface area contributed by atoms with E-state index in [2.05, 4.69) is 0 Å². The summed E-state index contributed by atoms with van der Waals surface area (Å²) in [6.45, 7) is 2.34. The number of hydrogen-bond donors (Lipinski definition) is 1. The molecule has 1 unspecified atom stereocenters. The van der Waals surface area contributed by atoms with Gasteiger partial charge in [-0.15, -0.1) is 0 Å². The topological polar surface area (TPSA) is 55.8 Å². The van der Waals surface area contributed by atoms with Gasteiger partial charge in [-0.2, -0.15) is 0 Å². The highest BCUT2D eigenvalue weighted by atomic mass is 16.5. The molecule has 0 bridgehead atoms. The molecule has 1 saturated heterocycles. The Bertz CT molecular complexity index is 400. The predicted molar refractivity (Wildman–Crippen MR) is 57.3 cm³/mol. The van der Waals surface area contributed by atoms with Gasteiger partial charge >= 0.3 is 5.97 Å². The smallest absolute Gasteiger partial charge is 0.306 e. The number of cyclic esters (lactones) is 1. The largest absolute Gasteiger partial charge is 0.504 e. The molecule has 86 valence electrons. The first-order valence-electron chi connectivity index (χ1n) is 5.36. The van der Waals surface area contributed by atoms with E-state index in [-0.39, 0.29) is 17.8 Å². The summed E-state index contributed by atoms with van der Waals surface area (Å²) in [5.74, 6) is 0.369. The van der Waals surface area contributed by atoms with Crippen molar-refractivity contribution in [3.8, 4) is 11.5 Å². The van der Waals surface area contributed by atoms with Crippen LogP contribution in [0.15, 0.2) is 18.2 Å². The normalized spacial score (nSPS) is 19.6. The van der Waals surface area contributed by atoms with E-state index in [1.54, 1.807) is 18.2 Å². The maximum absolute atomic E-state index is 11.0. The maximum Gasteiger partial charge on any atom is 0.306 e. The Morgan fingerprint density at radius 2 is 2.38 bits per heavy atom. The summed E-state index contributed by atoms with van der Waals surface area (Å²) in [5, 5.41) is 9.53. The molecule has 0 aliphatic carbocycles. The van der Waals surface area contributed by atoms with Gasteiger partial charge < -0.3 is 14.6 Å². The molecule has 1 heterocycles. The first-order valence-corrected chi connectivity index (χ1v) is 5.36. The third-order valence-corrected chi connectivity index (χ3v) is 2.54. The van der Waals surface area contributed by atoms with Crippen molar-refractivity contribution in [1.29, 1.82) is 0 Å². The van der Waals surface area contributed by atoms with Gasteiger partial charge in [0.25, 0.3) is 0 Å². The van der Waals surface area contributed by atoms with E-state index in [0.717, 1.165) is 5.56 Å². The van der Waals surface area contributed by atoms with Gasteiger partial charge in [-0.25, -0.2) is 0 Å². The number of phenols is 1. The Labute approximate surface area is 93.8 Å². The summed E-state index contributed by atoms with van der Waals surface area (Å²) in [5.41, 5.74) is 0.868. The fraction of sp³-hybridized carbons (Fsp3) is 0.417. The van der Waals surface area contributed by atoms with Crippen LogP contribution < -0.4 is 4.74 Å². The Hall–Kier alpha value is -1.71. The van der Waals surface area contributed by atoms with Crippen LogP contribution in [0.4, 0.5) is 0 Å². The lowest BCUT2D eigenvalue weighted by Gasteiger charge is -2.12. The van der Waals surface area contributed by atoms with Crippen LogP contribution in [0, 0.1) is 0 Å². The van der Waals surface area contributed by atoms with Crippen molar-refractivity contribution in [2.45, 2.75) is 25.9 Å². The van der Waals surface area contributed by atoms with Gasteiger partial charge in [0, 0.05) is 6.42 Å². The van der Waals surface area contributed by atoms with E-state index >= 15 is 0 Å². The van der Waals surface area contributed by atoms with Crippen LogP contribution in [0.25, 0.3) is 0 Å². The van der Waals surface area contributed by atoms with Gasteiger partial charge in [0.1, 0.15) is 6.10 Å². The average Bonchev–Trinajstić information content (AvgIpc) is 2.69. The lowest BCUT2D eigenvalue weighted by atomic mass is 10.1. The molecule has 0 radical (unpaired) electrons. The van der Waals surface area contributed by atoms with Gasteiger partial charge in [-0.05, 0) is 31.0 Å². The molecule has 1 fully saturated rings. The minimum absolute atomic E-state index is 0.106. The lowest BCUT2D eigenvalue weighted by Crippen LogP contribution is -2.00. The summed E-state index contributed by atoms with van der Waals surface area (Å²) >= 11 is 0. The van der Waals surface area contributed by atoms with Crippen molar-refractivity contribution in [3.05, 3.63) is 23.8 Å². The second-order valence-corrected chi connectivity index (χ2v) is 3.68. The summed E-state index contributed by atoms with van der Waals surface area (Å²) in [7, 11) is 0. The minimum atomic E-state index is -0.202. The van der Waals surface area contributed by atoms with Crippen molar-refractivity contribution in [1.82, 2.24) is 0 Å². The maximum atomic E-state index is 11.0. The third-order valence-electron chi connectivity index (χ3n) is 2.54. The number of rotatable bonds is 3. The molecule has 1 aliphatic heterocycles. The fourth-order valence-corrected chi connectivity index (χ4v) is 1.76. The van der Waals surface area contributed by atoms with E-state index in [4.69, 9.17) is 9.47 Å². The molecule has 1 aromatic rings. The third kappa shape index (κ3) is 2.10. The standard InChI is InChI=1S/C12H14O4/c1-2-15-11-7-8(3-4-9(11)13)10-5-6-12(14)16-10/h3-4,7,10,13H,2,5-6H2,1H3. The van der Waals surface area contributed by atoms with Gasteiger partial charge in [0.15, 0.2) is 11.5 Å². The van der Waals surface area contributed by atoms with Gasteiger partial charge in [0.2, 0.25) is 0 Å². The lowest BCUT2D eigenvalue weighted by molar-refractivity contribution is -0.141. The molecule has 4 heteroatoms. The summed E-state index contributed by atoms with van der Waals surface area (Å²) in [6, 6.07) is 5.04. The quantitative estimate of drug-likeness (QED) is 0.796. The molecule has 1 aliphatic rings. The molecule has 1 N–H and O–H groups in total. The first-order chi connectivity index (χ1) is 7.70. The SMILES string of the molecule is CCOc1cc(C2CCC(=O)O2)ccc1O. The molecule has 4 nitrogen and oxygen atoms in total. The van der Waals surface area contributed by atoms with Crippen molar-refractivity contribution in [2.75, 3.05) is 6.61 Å². The zero-order valence-corrected chi connectivity index (χ0v) is 9.10. The molecule has 0 saturated carbocycles. The number of phenolic OH excluding ortho intramolecular Hbond substituents is 1. The van der Waals surface area contributed by atoms with E-state index in [1.807, 2.05) is 6.92 Å². The molecular formula is C12H14O4. The zero-order chi connectivity index (χ0) is 11.5. The number of carbonyl (C=O) groups excluding carboxylic acids is 1. The van der Waals surface area contributed by atoms with E-state index in [1.165, 1.54) is 0 Å². The summed E-state index contributed by atoms with van der Waals surface area (Å²) in [6.07, 6.45) is 0.942. The average molecular weight is 222 g/mol. The number of hydrogen-bond acceptors (Lipinski definition) is 4. The van der Waals surface area contributed by atoms with E-state index in [9.17, 15) is 9.90 Å². The van der Waals surface area contributed by atoms with Crippen LogP contribution in [-0.2, 0) is 9.53 Å². The molecule has 0 aromatic heterocycles. The van der Waals surface area contributed by atoms with E-state index in [0.29, 0.717) is 25.2 Å². The van der Waals surface area contributed by atoms with Crippen LogP contribution in [0.1, 0.15) is 31.4 Å². The summed E-state index contributed by atoms with van der Waals surface area (Å²) < 4.78 is 10.4. The molecule has 2 rings (SSSR count). The number of benzene rings is 1. The molecule has 16 heavy (non-hydrogen) atoms. The highest BCUT2D eigenvalue weighted by Gasteiger charge is 2.25. The fourth-order valence-electron chi connectivity index (χ4n) is 1.76. The Balaban J connectivity index is 2.21. The number of esters is 1. The first kappa shape index (κ1) is 10.8. The minimum Gasteiger partial charge on any atom is -0.504 e. The number of ether oxygens (including phenoxy) is 2. The Morgan fingerprint density at radius 3 is 3.00 bits per heavy atom. The highest BCUT2D eigenvalue weighted by molar-refractivity contribution is 5.71. The second-order valence-electron chi connectivity index (χ2n) is 3.68. The highest BCUT2D eigenvalue weighted by Crippen LogP contribution is 2.34. The Morgan fingerprint density at radius 1 is 1.56 bits per heavy atom. The van der Waals surface area contributed by atoms with Gasteiger partial charge in [-0.3, -0.25) is 4.79 Å². The second kappa shape index (κ2) is 4.43. The molecule has 1 atom stereocenters. The van der Waals surface area contributed by atoms with E-state index < -0.39 is 0 Å². The van der Waals surface area contributed by atoms with Crippen molar-refractivity contribution >= 4 is 5.97 Å². The van der Waals surface area contributed by atoms with Gasteiger partial charge in [0.05, 0.1) is 6.61 Å². The van der Waals surface area contributed by atoms with Crippen molar-refractivity contribution < 1.29 is 19.4 Å². The van der Waals surface area contributed by atoms with Crippen molar-refractivity contribution in [3.63, 3.8) is 0 Å². The Kier molecular flexibility index (Phi) is 2.99. The molecule has 0 spiro atoms. The van der Waals surface area contributed by atoms with Crippen LogP contribution in [0.5, 0.6) is 11.5 Å². The van der Waals surface area contributed by atoms with Gasteiger partial charge in [-0.1, -0.05) is 6.07 Å². The van der Waals surface area contributed by atoms with Crippen molar-refractivity contribution in [2.24, 2.45) is 0 Å². The summed E-state index contributed by atoms with van der Waals surface area (Å²) in [4.78, 5) is 11.0.